The van der Waals surface area contributed by atoms with Crippen LogP contribution < -0.4 is 4.31 Å². The zero-order chi connectivity index (χ0) is 20.4. The Morgan fingerprint density at radius 2 is 1.89 bits per heavy atom. The van der Waals surface area contributed by atoms with E-state index in [9.17, 15) is 35.7 Å². The highest BCUT2D eigenvalue weighted by atomic mass is 32.2. The molecule has 0 saturated carbocycles. The largest absolute Gasteiger partial charge is 0.566 e. The Morgan fingerprint density at radius 1 is 1.26 bits per heavy atom. The van der Waals surface area contributed by atoms with E-state index in [2.05, 4.69) is 5.10 Å². The molecule has 27 heavy (non-hydrogen) atoms. The summed E-state index contributed by atoms with van der Waals surface area (Å²) in [6.45, 7) is 1.07. The number of carbonyl (C=O) groups excluding carboxylic acids is 1. The van der Waals surface area contributed by atoms with Crippen LogP contribution in [0.5, 0.6) is 0 Å². The van der Waals surface area contributed by atoms with Gasteiger partial charge in [-0.1, -0.05) is 4.41 Å². The molecule has 1 unspecified atom stereocenters. The van der Waals surface area contributed by atoms with Crippen molar-refractivity contribution in [2.45, 2.75) is 31.2 Å². The van der Waals surface area contributed by atoms with Crippen LogP contribution in [0.15, 0.2) is 23.3 Å². The maximum absolute atomic E-state index is 13.1. The van der Waals surface area contributed by atoms with Crippen LogP contribution in [0.2, 0.25) is 0 Å². The minimum atomic E-state index is -4.92. The van der Waals surface area contributed by atoms with Crippen molar-refractivity contribution in [1.82, 2.24) is 4.41 Å². The maximum atomic E-state index is 13.1. The summed E-state index contributed by atoms with van der Waals surface area (Å²) in [5.74, 6) is -1.10. The van der Waals surface area contributed by atoms with Crippen LogP contribution in [-0.4, -0.2) is 32.3 Å². The fourth-order valence-electron chi connectivity index (χ4n) is 2.74. The van der Waals surface area contributed by atoms with Gasteiger partial charge in [-0.25, -0.2) is 0 Å². The molecular formula is C14H8F6N4O2S. The Morgan fingerprint density at radius 3 is 2.37 bits per heavy atom. The molecule has 2 aliphatic rings. The molecule has 3 rings (SSSR count). The molecule has 2 aliphatic heterocycles. The Hall–Kier alpha value is -2.46. The number of nitrogens with zero attached hydrogens (tertiary/aromatic N) is 4. The van der Waals surface area contributed by atoms with E-state index in [1.165, 1.54) is 6.07 Å². The molecule has 144 valence electrons. The van der Waals surface area contributed by atoms with E-state index in [1.54, 1.807) is 0 Å². The molecule has 0 aromatic heterocycles. The molecule has 0 spiro atoms. The summed E-state index contributed by atoms with van der Waals surface area (Å²) >= 11 is -2.61. The summed E-state index contributed by atoms with van der Waals surface area (Å²) in [5.41, 5.74) is -5.79. The number of halogens is 6. The van der Waals surface area contributed by atoms with Crippen molar-refractivity contribution in [3.8, 4) is 6.07 Å². The van der Waals surface area contributed by atoms with Gasteiger partial charge in [-0.05, 0) is 25.1 Å². The Bertz CT molecular complexity index is 893. The van der Waals surface area contributed by atoms with E-state index in [0.29, 0.717) is 14.8 Å². The first-order valence-electron chi connectivity index (χ1n) is 7.13. The van der Waals surface area contributed by atoms with Crippen LogP contribution in [0.3, 0.4) is 0 Å². The fourth-order valence-corrected chi connectivity index (χ4v) is 4.18. The molecule has 2 heterocycles. The van der Waals surface area contributed by atoms with Crippen LogP contribution in [0.25, 0.3) is 0 Å². The molecule has 0 bridgehead atoms. The van der Waals surface area contributed by atoms with Crippen LogP contribution in [0.1, 0.15) is 24.5 Å². The standard InChI is InChI=1S/C14H8F6N4O2S/c1-12-5-10(14(18,19)20)22-24(12)27(26)23(11(12)25)8-3-2-7(6-21)9(4-8)13(15,16)17/h2-4H,5H2,1H3/t12-,27?/m0/s1. The van der Waals surface area contributed by atoms with Gasteiger partial charge in [0.05, 0.1) is 22.9 Å². The zero-order valence-electron chi connectivity index (χ0n) is 13.2. The number of benzene rings is 1. The highest BCUT2D eigenvalue weighted by Crippen LogP contribution is 2.45. The van der Waals surface area contributed by atoms with Crippen molar-refractivity contribution in [3.05, 3.63) is 29.3 Å². The quantitative estimate of drug-likeness (QED) is 0.527. The van der Waals surface area contributed by atoms with Crippen LogP contribution in [0.4, 0.5) is 32.0 Å². The third-order valence-corrected chi connectivity index (χ3v) is 5.55. The topological polar surface area (TPSA) is 82.8 Å². The van der Waals surface area contributed by atoms with Gasteiger partial charge in [-0.2, -0.15) is 31.6 Å². The summed E-state index contributed by atoms with van der Waals surface area (Å²) in [6, 6.07) is 3.56. The first-order chi connectivity index (χ1) is 12.3. The second kappa shape index (κ2) is 5.77. The lowest BCUT2D eigenvalue weighted by Gasteiger charge is -2.19. The average molecular weight is 410 g/mol. The molecule has 6 nitrogen and oxygen atoms in total. The molecule has 2 atom stereocenters. The van der Waals surface area contributed by atoms with Crippen LogP contribution in [0, 0.1) is 11.3 Å². The summed E-state index contributed by atoms with van der Waals surface area (Å²) in [5, 5.41) is 12.0. The number of nitriles is 1. The van der Waals surface area contributed by atoms with Gasteiger partial charge in [0, 0.05) is 6.42 Å². The van der Waals surface area contributed by atoms with Gasteiger partial charge in [-0.3, -0.25) is 4.79 Å². The Kier molecular flexibility index (Phi) is 4.12. The number of fused-ring (bicyclic) bond motifs is 1. The molecule has 13 heteroatoms. The number of amides is 1. The zero-order valence-corrected chi connectivity index (χ0v) is 14.0. The summed E-state index contributed by atoms with van der Waals surface area (Å²) in [4.78, 5) is 12.6. The lowest BCUT2D eigenvalue weighted by atomic mass is 9.95. The first-order valence-corrected chi connectivity index (χ1v) is 8.20. The van der Waals surface area contributed by atoms with Crippen LogP contribution >= 0.6 is 0 Å². The number of anilines is 1. The molecule has 1 aromatic rings. The molecule has 0 aliphatic carbocycles. The number of hydrazone groups is 1. The van der Waals surface area contributed by atoms with Crippen molar-refractivity contribution >= 4 is 28.9 Å². The highest BCUT2D eigenvalue weighted by Gasteiger charge is 2.66. The van der Waals surface area contributed by atoms with Gasteiger partial charge in [-0.15, -0.1) is 9.41 Å². The maximum Gasteiger partial charge on any atom is 0.431 e. The van der Waals surface area contributed by atoms with Gasteiger partial charge >= 0.3 is 18.3 Å². The van der Waals surface area contributed by atoms with Crippen LogP contribution in [-0.2, 0) is 22.5 Å². The minimum absolute atomic E-state index is 0.434. The molecular weight excluding hydrogens is 402 g/mol. The SMILES string of the molecule is C[C@@]12CC(C(F)(F)F)=NN1[S+]([O-])N(c1ccc(C#N)c(C(F)(F)F)c1)C2=O. The van der Waals surface area contributed by atoms with E-state index >= 15 is 0 Å². The number of hydrogen-bond donors (Lipinski definition) is 0. The van der Waals surface area contributed by atoms with Crippen molar-refractivity contribution in [2.75, 3.05) is 4.31 Å². The van der Waals surface area contributed by atoms with E-state index in [4.69, 9.17) is 5.26 Å². The fraction of sp³-hybridized carbons (Fsp3) is 0.357. The summed E-state index contributed by atoms with van der Waals surface area (Å²) in [7, 11) is 0. The van der Waals surface area contributed by atoms with Crippen molar-refractivity contribution in [1.29, 1.82) is 5.26 Å². The monoisotopic (exact) mass is 410 g/mol. The molecule has 1 fully saturated rings. The molecule has 0 N–H and O–H groups in total. The second-order valence-electron chi connectivity index (χ2n) is 5.94. The average Bonchev–Trinajstić information content (AvgIpc) is 3.00. The summed E-state index contributed by atoms with van der Waals surface area (Å²) in [6.07, 6.45) is -10.6. The van der Waals surface area contributed by atoms with Gasteiger partial charge in [0.1, 0.15) is 5.71 Å². The Balaban J connectivity index is 2.05. The molecule has 0 radical (unpaired) electrons. The third-order valence-electron chi connectivity index (χ3n) is 4.09. The third kappa shape index (κ3) is 2.88. The first kappa shape index (κ1) is 19.3. The van der Waals surface area contributed by atoms with E-state index < -0.39 is 64.3 Å². The van der Waals surface area contributed by atoms with E-state index in [-0.39, 0.29) is 0 Å². The van der Waals surface area contributed by atoms with Crippen molar-refractivity contribution in [2.24, 2.45) is 5.10 Å². The van der Waals surface area contributed by atoms with Crippen molar-refractivity contribution in [3.63, 3.8) is 0 Å². The predicted octanol–water partition coefficient (Wildman–Crippen LogP) is 2.89. The smallest absolute Gasteiger partial charge is 0.431 e. The van der Waals surface area contributed by atoms with Gasteiger partial charge in [0.15, 0.2) is 5.54 Å². The highest BCUT2D eigenvalue weighted by molar-refractivity contribution is 7.92. The predicted molar refractivity (Wildman–Crippen MR) is 80.1 cm³/mol. The summed E-state index contributed by atoms with van der Waals surface area (Å²) < 4.78 is 91.2. The Labute approximate surface area is 151 Å². The minimum Gasteiger partial charge on any atom is -0.566 e. The number of rotatable bonds is 1. The molecule has 1 amide bonds. The molecule has 1 aromatic carbocycles. The number of hydrogen-bond acceptors (Lipinski definition) is 5. The lowest BCUT2D eigenvalue weighted by Crippen LogP contribution is -2.43. The van der Waals surface area contributed by atoms with Crippen molar-refractivity contribution < 1.29 is 35.7 Å². The normalized spacial score (nSPS) is 25.5. The number of carbonyl (C=O) groups is 1. The van der Waals surface area contributed by atoms with Gasteiger partial charge < -0.3 is 4.55 Å². The molecule has 1 saturated heterocycles. The van der Waals surface area contributed by atoms with E-state index in [0.717, 1.165) is 19.1 Å². The number of alkyl halides is 6. The van der Waals surface area contributed by atoms with Gasteiger partial charge in [0.25, 0.3) is 0 Å². The lowest BCUT2D eigenvalue weighted by molar-refractivity contribution is -0.137. The second-order valence-corrected chi connectivity index (χ2v) is 7.11. The van der Waals surface area contributed by atoms with Gasteiger partial charge in [0.2, 0.25) is 11.5 Å². The van der Waals surface area contributed by atoms with E-state index in [1.807, 2.05) is 0 Å².